The number of ether oxygens (including phenoxy) is 2. The monoisotopic (exact) mass is 447 g/mol. The number of benzene rings is 2. The summed E-state index contributed by atoms with van der Waals surface area (Å²) in [6.07, 6.45) is -1.03. The molecule has 0 saturated heterocycles. The van der Waals surface area contributed by atoms with Crippen LogP contribution in [0.15, 0.2) is 48.5 Å². The number of aromatic nitrogens is 1. The first-order chi connectivity index (χ1) is 15.6. The molecule has 0 aliphatic carbocycles. The van der Waals surface area contributed by atoms with E-state index < -0.39 is 17.9 Å². The van der Waals surface area contributed by atoms with Crippen molar-refractivity contribution in [2.75, 3.05) is 0 Å². The lowest BCUT2D eigenvalue weighted by atomic mass is 10.0. The molecule has 0 saturated carbocycles. The Morgan fingerprint density at radius 2 is 1.39 bits per heavy atom. The lowest BCUT2D eigenvalue weighted by Crippen LogP contribution is -2.25. The molecule has 7 nitrogen and oxygen atoms in total. The van der Waals surface area contributed by atoms with Gasteiger partial charge in [-0.1, -0.05) is 24.3 Å². The molecule has 1 atom stereocenters. The number of carbonyl (C=O) groups excluding carboxylic acids is 4. The van der Waals surface area contributed by atoms with E-state index in [-0.39, 0.29) is 17.4 Å². The van der Waals surface area contributed by atoms with Crippen LogP contribution in [-0.4, -0.2) is 34.6 Å². The average molecular weight is 447 g/mol. The Morgan fingerprint density at radius 3 is 1.88 bits per heavy atom. The quantitative estimate of drug-likeness (QED) is 0.315. The molecule has 33 heavy (non-hydrogen) atoms. The number of nitrogens with one attached hydrogen (secondary N) is 1. The van der Waals surface area contributed by atoms with Gasteiger partial charge in [-0.3, -0.25) is 14.4 Å². The summed E-state index contributed by atoms with van der Waals surface area (Å²) in [5.74, 6) is -1.10. The number of H-pyrrole nitrogens is 1. The molecule has 0 fully saturated rings. The molecular weight excluding hydrogens is 422 g/mol. The molecule has 1 heterocycles. The minimum Gasteiger partial charge on any atom is -0.451 e. The Hall–Kier alpha value is -4.00. The smallest absolute Gasteiger partial charge is 0.338 e. The van der Waals surface area contributed by atoms with Crippen molar-refractivity contribution in [1.29, 1.82) is 0 Å². The van der Waals surface area contributed by atoms with Crippen molar-refractivity contribution in [2.45, 2.75) is 40.7 Å². The number of aromatic amines is 1. The fraction of sp³-hybridized carbons (Fsp3) is 0.231. The summed E-state index contributed by atoms with van der Waals surface area (Å²) in [7, 11) is 0. The molecule has 7 heteroatoms. The van der Waals surface area contributed by atoms with E-state index in [1.165, 1.54) is 20.8 Å². The van der Waals surface area contributed by atoms with Gasteiger partial charge in [0.1, 0.15) is 5.75 Å². The van der Waals surface area contributed by atoms with E-state index in [4.69, 9.17) is 9.47 Å². The van der Waals surface area contributed by atoms with E-state index in [1.54, 1.807) is 50.2 Å². The molecule has 0 radical (unpaired) electrons. The molecule has 3 aromatic rings. The third-order valence-corrected chi connectivity index (χ3v) is 5.26. The summed E-state index contributed by atoms with van der Waals surface area (Å²) in [4.78, 5) is 51.1. The van der Waals surface area contributed by atoms with Gasteiger partial charge in [-0.25, -0.2) is 4.79 Å². The number of carbonyl (C=O) groups is 4. The first-order valence-corrected chi connectivity index (χ1v) is 10.4. The van der Waals surface area contributed by atoms with Crippen molar-refractivity contribution in [2.24, 2.45) is 0 Å². The number of esters is 2. The average Bonchev–Trinajstić information content (AvgIpc) is 3.07. The largest absolute Gasteiger partial charge is 0.451 e. The first-order valence-electron chi connectivity index (χ1n) is 10.4. The van der Waals surface area contributed by atoms with Gasteiger partial charge in [0.2, 0.25) is 5.78 Å². The van der Waals surface area contributed by atoms with Gasteiger partial charge in [0, 0.05) is 18.2 Å². The maximum Gasteiger partial charge on any atom is 0.338 e. The van der Waals surface area contributed by atoms with E-state index in [0.29, 0.717) is 28.1 Å². The summed E-state index contributed by atoms with van der Waals surface area (Å²) in [6, 6.07) is 13.8. The summed E-state index contributed by atoms with van der Waals surface area (Å²) in [5.41, 5.74) is 3.96. The van der Waals surface area contributed by atoms with E-state index in [9.17, 15) is 19.2 Å². The van der Waals surface area contributed by atoms with Gasteiger partial charge in [-0.2, -0.15) is 0 Å². The zero-order chi connectivity index (χ0) is 24.3. The van der Waals surface area contributed by atoms with Gasteiger partial charge in [0.15, 0.2) is 11.9 Å². The highest BCUT2D eigenvalue weighted by Crippen LogP contribution is 2.24. The van der Waals surface area contributed by atoms with Crippen molar-refractivity contribution in [3.8, 4) is 16.9 Å². The van der Waals surface area contributed by atoms with Crippen LogP contribution in [0.3, 0.4) is 0 Å². The zero-order valence-electron chi connectivity index (χ0n) is 19.1. The number of aryl methyl sites for hydroxylation is 1. The summed E-state index contributed by atoms with van der Waals surface area (Å²) < 4.78 is 10.4. The SMILES string of the molecule is CC(=O)Oc1ccc(-c2ccc(C(=O)OC(C)C(=O)c3[nH]c(C)c(C(C)=O)c3C)cc2)cc1. The molecule has 0 amide bonds. The first kappa shape index (κ1) is 23.7. The predicted molar refractivity (Wildman–Crippen MR) is 123 cm³/mol. The Bertz CT molecular complexity index is 1220. The zero-order valence-corrected chi connectivity index (χ0v) is 19.1. The van der Waals surface area contributed by atoms with Gasteiger partial charge >= 0.3 is 11.9 Å². The predicted octanol–water partition coefficient (Wildman–Crippen LogP) is 4.85. The van der Waals surface area contributed by atoms with Crippen molar-refractivity contribution in [3.05, 3.63) is 76.6 Å². The molecule has 1 aromatic heterocycles. The molecule has 0 aliphatic heterocycles. The summed E-state index contributed by atoms with van der Waals surface area (Å²) in [6.45, 7) is 7.70. The van der Waals surface area contributed by atoms with Crippen LogP contribution in [0.2, 0.25) is 0 Å². The molecule has 1 N–H and O–H groups in total. The minimum atomic E-state index is -1.03. The van der Waals surface area contributed by atoms with E-state index >= 15 is 0 Å². The highest BCUT2D eigenvalue weighted by atomic mass is 16.5. The van der Waals surface area contributed by atoms with E-state index in [0.717, 1.165) is 11.1 Å². The van der Waals surface area contributed by atoms with Crippen molar-refractivity contribution < 1.29 is 28.7 Å². The second-order valence-electron chi connectivity index (χ2n) is 7.79. The van der Waals surface area contributed by atoms with Crippen LogP contribution < -0.4 is 4.74 Å². The van der Waals surface area contributed by atoms with Gasteiger partial charge in [-0.15, -0.1) is 0 Å². The standard InChI is InChI=1S/C26H25NO6/c1-14-23(16(3)28)15(2)27-24(14)25(30)17(4)32-26(31)21-8-6-19(7-9-21)20-10-12-22(13-11-20)33-18(5)29/h6-13,17,27H,1-5H3. The van der Waals surface area contributed by atoms with Crippen LogP contribution in [0.4, 0.5) is 0 Å². The Kier molecular flexibility index (Phi) is 6.92. The number of ketones is 2. The third kappa shape index (κ3) is 5.26. The van der Waals surface area contributed by atoms with E-state index in [1.807, 2.05) is 12.1 Å². The highest BCUT2D eigenvalue weighted by molar-refractivity contribution is 6.05. The number of rotatable bonds is 7. The second kappa shape index (κ2) is 9.65. The maximum atomic E-state index is 12.8. The van der Waals surface area contributed by atoms with Crippen molar-refractivity contribution >= 4 is 23.5 Å². The highest BCUT2D eigenvalue weighted by Gasteiger charge is 2.26. The number of Topliss-reactive ketones (excluding diaryl/α,β-unsaturated/α-hetero) is 2. The molecule has 1 unspecified atom stereocenters. The van der Waals surface area contributed by atoms with E-state index in [2.05, 4.69) is 4.98 Å². The lowest BCUT2D eigenvalue weighted by molar-refractivity contribution is -0.131. The Labute approximate surface area is 191 Å². The van der Waals surface area contributed by atoms with Gasteiger partial charge in [0.05, 0.1) is 11.3 Å². The van der Waals surface area contributed by atoms with Crippen LogP contribution in [0, 0.1) is 13.8 Å². The molecule has 0 spiro atoms. The fourth-order valence-corrected chi connectivity index (χ4v) is 3.69. The molecule has 2 aromatic carbocycles. The van der Waals surface area contributed by atoms with Crippen LogP contribution >= 0.6 is 0 Å². The van der Waals surface area contributed by atoms with Gasteiger partial charge in [-0.05, 0) is 68.7 Å². The summed E-state index contributed by atoms with van der Waals surface area (Å²) >= 11 is 0. The molecular formula is C26H25NO6. The molecule has 170 valence electrons. The fourth-order valence-electron chi connectivity index (χ4n) is 3.69. The second-order valence-corrected chi connectivity index (χ2v) is 7.79. The topological polar surface area (TPSA) is 103 Å². The van der Waals surface area contributed by atoms with Crippen LogP contribution in [-0.2, 0) is 9.53 Å². The Morgan fingerprint density at radius 1 is 0.848 bits per heavy atom. The van der Waals surface area contributed by atoms with Crippen LogP contribution in [0.25, 0.3) is 11.1 Å². The van der Waals surface area contributed by atoms with Crippen molar-refractivity contribution in [3.63, 3.8) is 0 Å². The van der Waals surface area contributed by atoms with Crippen LogP contribution in [0.1, 0.15) is 63.2 Å². The van der Waals surface area contributed by atoms with Gasteiger partial charge < -0.3 is 14.5 Å². The molecule has 0 bridgehead atoms. The molecule has 3 rings (SSSR count). The normalized spacial score (nSPS) is 11.5. The maximum absolute atomic E-state index is 12.8. The number of hydrogen-bond acceptors (Lipinski definition) is 6. The Balaban J connectivity index is 1.69. The van der Waals surface area contributed by atoms with Gasteiger partial charge in [0.25, 0.3) is 0 Å². The number of hydrogen-bond donors (Lipinski definition) is 1. The third-order valence-electron chi connectivity index (χ3n) is 5.26. The lowest BCUT2D eigenvalue weighted by Gasteiger charge is -2.12. The summed E-state index contributed by atoms with van der Waals surface area (Å²) in [5, 5.41) is 0. The molecule has 0 aliphatic rings. The van der Waals surface area contributed by atoms with Crippen molar-refractivity contribution in [1.82, 2.24) is 4.98 Å². The minimum absolute atomic E-state index is 0.133. The van der Waals surface area contributed by atoms with Crippen LogP contribution in [0.5, 0.6) is 5.75 Å².